The van der Waals surface area contributed by atoms with E-state index in [9.17, 15) is 4.39 Å². The minimum Gasteiger partial charge on any atom is -0.353 e. The number of aliphatic imine (C=N–C) groups is 1. The topological polar surface area (TPSA) is 36.4 Å². The van der Waals surface area contributed by atoms with Gasteiger partial charge in [-0.3, -0.25) is 4.99 Å². The minimum absolute atomic E-state index is 0.248. The first-order valence-corrected chi connectivity index (χ1v) is 7.04. The molecule has 19 heavy (non-hydrogen) atoms. The molecule has 0 fully saturated rings. The van der Waals surface area contributed by atoms with E-state index in [1.54, 1.807) is 13.1 Å². The zero-order valence-electron chi connectivity index (χ0n) is 10.8. The van der Waals surface area contributed by atoms with Crippen molar-refractivity contribution in [1.82, 2.24) is 10.6 Å². The quantitative estimate of drug-likeness (QED) is 0.509. The van der Waals surface area contributed by atoms with Crippen molar-refractivity contribution in [2.45, 2.75) is 25.4 Å². The Morgan fingerprint density at radius 3 is 2.79 bits per heavy atom. The molecule has 0 saturated heterocycles. The Morgan fingerprint density at radius 2 is 2.16 bits per heavy atom. The molecule has 0 amide bonds. The molecule has 1 aliphatic rings. The number of nitrogens with zero attached hydrogens (tertiary/aromatic N) is 1. The number of rotatable bonds is 3. The largest absolute Gasteiger partial charge is 0.353 e. The number of guanidine groups is 1. The molecule has 0 heterocycles. The number of hydrogen-bond acceptors (Lipinski definition) is 1. The molecule has 1 aromatic rings. The third kappa shape index (κ3) is 4.06. The van der Waals surface area contributed by atoms with E-state index in [-0.39, 0.29) is 5.82 Å². The van der Waals surface area contributed by atoms with Crippen molar-refractivity contribution in [3.05, 3.63) is 46.2 Å². The smallest absolute Gasteiger partial charge is 0.191 e. The third-order valence-corrected chi connectivity index (χ3v) is 3.66. The molecule has 0 aliphatic heterocycles. The maximum absolute atomic E-state index is 13.4. The van der Waals surface area contributed by atoms with E-state index in [0.29, 0.717) is 17.1 Å². The summed E-state index contributed by atoms with van der Waals surface area (Å²) in [6, 6.07) is 5.52. The summed E-state index contributed by atoms with van der Waals surface area (Å²) < 4.78 is 13.9. The average molecular weight is 326 g/mol. The Balaban J connectivity index is 1.87. The molecule has 1 aromatic carbocycles. The van der Waals surface area contributed by atoms with Crippen LogP contribution in [0.3, 0.4) is 0 Å². The standard InChI is InChI=1S/C14H17BrFN3/c1-17-14(19-11-4-2-3-5-11)18-9-10-6-7-12(15)13(16)8-10/h2-3,6-8,11H,4-5,9H2,1H3,(H2,17,18,19). The Labute approximate surface area is 121 Å². The lowest BCUT2D eigenvalue weighted by Gasteiger charge is -2.17. The van der Waals surface area contributed by atoms with Crippen LogP contribution in [0.15, 0.2) is 39.8 Å². The van der Waals surface area contributed by atoms with Gasteiger partial charge in [0.15, 0.2) is 5.96 Å². The van der Waals surface area contributed by atoms with E-state index in [4.69, 9.17) is 0 Å². The maximum atomic E-state index is 13.4. The maximum Gasteiger partial charge on any atom is 0.191 e. The third-order valence-electron chi connectivity index (χ3n) is 3.02. The highest BCUT2D eigenvalue weighted by Crippen LogP contribution is 2.16. The van der Waals surface area contributed by atoms with Gasteiger partial charge in [0.05, 0.1) is 4.47 Å². The molecular formula is C14H17BrFN3. The van der Waals surface area contributed by atoms with Crippen LogP contribution in [0, 0.1) is 5.82 Å². The molecule has 5 heteroatoms. The molecule has 0 radical (unpaired) electrons. The van der Waals surface area contributed by atoms with Crippen LogP contribution < -0.4 is 10.6 Å². The van der Waals surface area contributed by atoms with Crippen molar-refractivity contribution in [3.8, 4) is 0 Å². The zero-order valence-corrected chi connectivity index (χ0v) is 12.4. The van der Waals surface area contributed by atoms with Gasteiger partial charge in [0, 0.05) is 19.6 Å². The van der Waals surface area contributed by atoms with Gasteiger partial charge in [-0.1, -0.05) is 18.2 Å². The van der Waals surface area contributed by atoms with E-state index in [1.165, 1.54) is 6.07 Å². The van der Waals surface area contributed by atoms with Crippen molar-refractivity contribution in [2.75, 3.05) is 7.05 Å². The highest BCUT2D eigenvalue weighted by atomic mass is 79.9. The Morgan fingerprint density at radius 1 is 1.42 bits per heavy atom. The van der Waals surface area contributed by atoms with E-state index in [1.807, 2.05) is 6.07 Å². The van der Waals surface area contributed by atoms with Gasteiger partial charge in [-0.05, 0) is 46.5 Å². The number of hydrogen-bond donors (Lipinski definition) is 2. The second-order valence-electron chi connectivity index (χ2n) is 4.46. The van der Waals surface area contributed by atoms with Gasteiger partial charge in [-0.25, -0.2) is 4.39 Å². The fourth-order valence-electron chi connectivity index (χ4n) is 1.96. The van der Waals surface area contributed by atoms with Gasteiger partial charge in [-0.15, -0.1) is 0 Å². The fraction of sp³-hybridized carbons (Fsp3) is 0.357. The Hall–Kier alpha value is -1.36. The number of nitrogens with one attached hydrogen (secondary N) is 2. The van der Waals surface area contributed by atoms with Gasteiger partial charge in [0.25, 0.3) is 0 Å². The second kappa shape index (κ2) is 6.70. The van der Waals surface area contributed by atoms with Crippen LogP contribution in [-0.4, -0.2) is 19.0 Å². The fourth-order valence-corrected chi connectivity index (χ4v) is 2.21. The molecular weight excluding hydrogens is 309 g/mol. The van der Waals surface area contributed by atoms with Gasteiger partial charge in [0.2, 0.25) is 0 Å². The molecule has 0 aromatic heterocycles. The molecule has 3 nitrogen and oxygen atoms in total. The molecule has 1 aliphatic carbocycles. The lowest BCUT2D eigenvalue weighted by Crippen LogP contribution is -2.42. The molecule has 0 saturated carbocycles. The lowest BCUT2D eigenvalue weighted by molar-refractivity contribution is 0.615. The SMILES string of the molecule is CN=C(NCc1ccc(Br)c(F)c1)NC1CC=CC1. The average Bonchev–Trinajstić information content (AvgIpc) is 2.91. The highest BCUT2D eigenvalue weighted by molar-refractivity contribution is 9.10. The summed E-state index contributed by atoms with van der Waals surface area (Å²) in [5.41, 5.74) is 0.883. The predicted molar refractivity (Wildman–Crippen MR) is 79.6 cm³/mol. The van der Waals surface area contributed by atoms with E-state index in [2.05, 4.69) is 43.7 Å². The first-order chi connectivity index (χ1) is 9.19. The highest BCUT2D eigenvalue weighted by Gasteiger charge is 2.11. The molecule has 2 N–H and O–H groups in total. The van der Waals surface area contributed by atoms with E-state index < -0.39 is 0 Å². The lowest BCUT2D eigenvalue weighted by atomic mass is 10.2. The van der Waals surface area contributed by atoms with Crippen LogP contribution >= 0.6 is 15.9 Å². The van der Waals surface area contributed by atoms with Gasteiger partial charge >= 0.3 is 0 Å². The van der Waals surface area contributed by atoms with Crippen LogP contribution in [-0.2, 0) is 6.54 Å². The molecule has 0 atom stereocenters. The summed E-state index contributed by atoms with van der Waals surface area (Å²) in [4.78, 5) is 4.17. The van der Waals surface area contributed by atoms with Crippen molar-refractivity contribution in [1.29, 1.82) is 0 Å². The van der Waals surface area contributed by atoms with Crippen molar-refractivity contribution in [3.63, 3.8) is 0 Å². The van der Waals surface area contributed by atoms with Crippen molar-refractivity contribution < 1.29 is 4.39 Å². The summed E-state index contributed by atoms with van der Waals surface area (Å²) in [5, 5.41) is 6.52. The van der Waals surface area contributed by atoms with Crippen LogP contribution in [0.2, 0.25) is 0 Å². The number of halogens is 2. The minimum atomic E-state index is -0.248. The first kappa shape index (κ1) is 14.1. The zero-order chi connectivity index (χ0) is 13.7. The van der Waals surface area contributed by atoms with Crippen LogP contribution in [0.4, 0.5) is 4.39 Å². The second-order valence-corrected chi connectivity index (χ2v) is 5.31. The summed E-state index contributed by atoms with van der Waals surface area (Å²) in [7, 11) is 1.74. The Bertz CT molecular complexity index is 491. The van der Waals surface area contributed by atoms with Crippen LogP contribution in [0.25, 0.3) is 0 Å². The molecule has 0 spiro atoms. The van der Waals surface area contributed by atoms with E-state index >= 15 is 0 Å². The van der Waals surface area contributed by atoms with Gasteiger partial charge < -0.3 is 10.6 Å². The normalized spacial score (nSPS) is 15.8. The number of benzene rings is 1. The molecule has 2 rings (SSSR count). The first-order valence-electron chi connectivity index (χ1n) is 6.25. The van der Waals surface area contributed by atoms with Gasteiger partial charge in [0.1, 0.15) is 5.82 Å². The van der Waals surface area contributed by atoms with Crippen molar-refractivity contribution in [2.24, 2.45) is 4.99 Å². The van der Waals surface area contributed by atoms with Crippen LogP contribution in [0.1, 0.15) is 18.4 Å². The Kier molecular flexibility index (Phi) is 4.96. The molecule has 0 unspecified atom stereocenters. The summed E-state index contributed by atoms with van der Waals surface area (Å²) >= 11 is 3.14. The van der Waals surface area contributed by atoms with Crippen LogP contribution in [0.5, 0.6) is 0 Å². The van der Waals surface area contributed by atoms with Crippen molar-refractivity contribution >= 4 is 21.9 Å². The summed E-state index contributed by atoms with van der Waals surface area (Å²) in [6.07, 6.45) is 6.37. The monoisotopic (exact) mass is 325 g/mol. The predicted octanol–water partition coefficient (Wildman–Crippen LogP) is 2.97. The summed E-state index contributed by atoms with van der Waals surface area (Å²) in [6.45, 7) is 0.546. The molecule has 0 bridgehead atoms. The molecule has 102 valence electrons. The summed E-state index contributed by atoms with van der Waals surface area (Å²) in [5.74, 6) is 0.499. The van der Waals surface area contributed by atoms with E-state index in [0.717, 1.165) is 24.4 Å². The van der Waals surface area contributed by atoms with Gasteiger partial charge in [-0.2, -0.15) is 0 Å².